The van der Waals surface area contributed by atoms with E-state index in [1.165, 1.54) is 24.2 Å². The zero-order valence-electron chi connectivity index (χ0n) is 18.9. The van der Waals surface area contributed by atoms with Gasteiger partial charge in [0.25, 0.3) is 0 Å². The van der Waals surface area contributed by atoms with E-state index in [1.54, 1.807) is 14.2 Å². The van der Waals surface area contributed by atoms with Crippen molar-refractivity contribution in [2.75, 3.05) is 65.9 Å². The fourth-order valence-corrected chi connectivity index (χ4v) is 5.12. The van der Waals surface area contributed by atoms with E-state index in [0.717, 1.165) is 56.9 Å². The summed E-state index contributed by atoms with van der Waals surface area (Å²) in [5, 5.41) is 7.63. The summed E-state index contributed by atoms with van der Waals surface area (Å²) < 4.78 is 16.5. The summed E-state index contributed by atoms with van der Waals surface area (Å²) in [7, 11) is 3.34. The molecule has 0 bridgehead atoms. The van der Waals surface area contributed by atoms with Gasteiger partial charge in [-0.3, -0.25) is 9.89 Å². The zero-order chi connectivity index (χ0) is 21.2. The number of nitrogens with one attached hydrogen (secondary N) is 2. The highest BCUT2D eigenvalue weighted by Gasteiger charge is 2.24. The van der Waals surface area contributed by atoms with Crippen molar-refractivity contribution in [3.05, 3.63) is 23.8 Å². The number of guanidine groups is 1. The van der Waals surface area contributed by atoms with Gasteiger partial charge in [-0.2, -0.15) is 11.8 Å². The van der Waals surface area contributed by atoms with E-state index in [1.807, 2.05) is 6.07 Å². The van der Waals surface area contributed by atoms with Crippen LogP contribution in [0.15, 0.2) is 23.2 Å². The summed E-state index contributed by atoms with van der Waals surface area (Å²) in [6, 6.07) is 6.33. The van der Waals surface area contributed by atoms with Crippen molar-refractivity contribution in [2.45, 2.75) is 31.1 Å². The fraction of sp³-hybridized carbons (Fsp3) is 0.682. The average molecular weight is 565 g/mol. The van der Waals surface area contributed by atoms with Crippen molar-refractivity contribution < 1.29 is 14.2 Å². The van der Waals surface area contributed by atoms with Crippen molar-refractivity contribution in [1.82, 2.24) is 15.5 Å². The highest BCUT2D eigenvalue weighted by molar-refractivity contribution is 14.0. The Hall–Kier alpha value is -0.910. The molecule has 2 heterocycles. The Morgan fingerprint density at radius 2 is 2.00 bits per heavy atom. The molecule has 0 saturated carbocycles. The van der Waals surface area contributed by atoms with Gasteiger partial charge in [-0.1, -0.05) is 6.07 Å². The van der Waals surface area contributed by atoms with Crippen LogP contribution in [0.2, 0.25) is 0 Å². The fourth-order valence-electron chi connectivity index (χ4n) is 3.92. The minimum absolute atomic E-state index is 0. The lowest BCUT2D eigenvalue weighted by atomic mass is 10.0. The first-order valence-electron chi connectivity index (χ1n) is 10.9. The summed E-state index contributed by atoms with van der Waals surface area (Å²) in [4.78, 5) is 7.40. The topological polar surface area (TPSA) is 67.4 Å². The Balaban J connectivity index is 0.00000341. The van der Waals surface area contributed by atoms with Crippen LogP contribution in [0, 0.1) is 0 Å². The first-order valence-corrected chi connectivity index (χ1v) is 12.0. The second-order valence-corrected chi connectivity index (χ2v) is 8.92. The van der Waals surface area contributed by atoms with E-state index in [0.29, 0.717) is 11.8 Å². The number of thioether (sulfide) groups is 1. The molecule has 2 aliphatic rings. The van der Waals surface area contributed by atoms with Gasteiger partial charge in [0, 0.05) is 31.4 Å². The van der Waals surface area contributed by atoms with Crippen molar-refractivity contribution in [3.8, 4) is 11.5 Å². The Labute approximate surface area is 208 Å². The minimum atomic E-state index is 0. The Morgan fingerprint density at radius 3 is 2.65 bits per heavy atom. The first kappa shape index (κ1) is 26.3. The molecule has 2 fully saturated rings. The number of benzene rings is 1. The summed E-state index contributed by atoms with van der Waals surface area (Å²) in [5.74, 6) is 3.66. The Kier molecular flexibility index (Phi) is 12.1. The number of aliphatic imine (C=N–C) groups is 1. The molecular formula is C22H37IN4O3S. The van der Waals surface area contributed by atoms with Crippen LogP contribution in [0.4, 0.5) is 0 Å². The van der Waals surface area contributed by atoms with Crippen LogP contribution >= 0.6 is 35.7 Å². The highest BCUT2D eigenvalue weighted by Crippen LogP contribution is 2.32. The van der Waals surface area contributed by atoms with E-state index in [-0.39, 0.29) is 30.0 Å². The third-order valence-electron chi connectivity index (χ3n) is 5.57. The number of ether oxygens (including phenoxy) is 3. The number of methoxy groups -OCH3 is 2. The highest BCUT2D eigenvalue weighted by atomic mass is 127. The molecule has 2 aliphatic heterocycles. The lowest BCUT2D eigenvalue weighted by Gasteiger charge is -2.34. The molecule has 2 atom stereocenters. The lowest BCUT2D eigenvalue weighted by Crippen LogP contribution is -2.42. The summed E-state index contributed by atoms with van der Waals surface area (Å²) in [5.41, 5.74) is 1.18. The molecule has 0 aliphatic carbocycles. The van der Waals surface area contributed by atoms with Gasteiger partial charge in [0.1, 0.15) is 0 Å². The standard InChI is InChI=1S/C22H36N4O3S.HI/c1-4-23-22(24-15-18-6-5-13-30-18)25-16-19(26-9-11-29-12-10-26)17-7-8-20(27-2)21(14-17)28-3;/h7-8,14,18-19H,4-6,9-13,15-16H2,1-3H3,(H2,23,24,25);1H. The summed E-state index contributed by atoms with van der Waals surface area (Å²) >= 11 is 2.06. The third kappa shape index (κ3) is 7.87. The van der Waals surface area contributed by atoms with Gasteiger partial charge in [0.2, 0.25) is 0 Å². The molecule has 3 rings (SSSR count). The Bertz CT molecular complexity index is 683. The second kappa shape index (κ2) is 14.3. The van der Waals surface area contributed by atoms with Crippen molar-refractivity contribution in [3.63, 3.8) is 0 Å². The van der Waals surface area contributed by atoms with Gasteiger partial charge in [0.05, 0.1) is 40.0 Å². The molecule has 2 unspecified atom stereocenters. The lowest BCUT2D eigenvalue weighted by molar-refractivity contribution is 0.0179. The normalized spacial score (nSPS) is 20.6. The maximum atomic E-state index is 5.58. The van der Waals surface area contributed by atoms with E-state index < -0.39 is 0 Å². The van der Waals surface area contributed by atoms with Crippen LogP contribution in [0.5, 0.6) is 11.5 Å². The van der Waals surface area contributed by atoms with Gasteiger partial charge in [-0.15, -0.1) is 24.0 Å². The number of rotatable bonds is 9. The molecule has 0 spiro atoms. The Morgan fingerprint density at radius 1 is 1.23 bits per heavy atom. The second-order valence-electron chi connectivity index (χ2n) is 7.51. The van der Waals surface area contributed by atoms with Crippen LogP contribution in [-0.2, 0) is 4.74 Å². The van der Waals surface area contributed by atoms with Gasteiger partial charge >= 0.3 is 0 Å². The number of hydrogen-bond donors (Lipinski definition) is 2. The van der Waals surface area contributed by atoms with E-state index in [9.17, 15) is 0 Å². The van der Waals surface area contributed by atoms with E-state index in [4.69, 9.17) is 19.2 Å². The van der Waals surface area contributed by atoms with Gasteiger partial charge in [-0.05, 0) is 43.2 Å². The SMILES string of the molecule is CCNC(=NCC(c1ccc(OC)c(OC)c1)N1CCOCC1)NCC1CCCS1.I. The maximum Gasteiger partial charge on any atom is 0.191 e. The molecule has 176 valence electrons. The van der Waals surface area contributed by atoms with Gasteiger partial charge < -0.3 is 24.8 Å². The van der Waals surface area contributed by atoms with Crippen LogP contribution in [0.25, 0.3) is 0 Å². The molecular weight excluding hydrogens is 527 g/mol. The number of halogens is 1. The largest absolute Gasteiger partial charge is 0.493 e. The third-order valence-corrected chi connectivity index (χ3v) is 6.96. The molecule has 2 saturated heterocycles. The number of morpholine rings is 1. The van der Waals surface area contributed by atoms with Crippen LogP contribution in [0.1, 0.15) is 31.4 Å². The zero-order valence-corrected chi connectivity index (χ0v) is 22.0. The van der Waals surface area contributed by atoms with Crippen molar-refractivity contribution in [1.29, 1.82) is 0 Å². The smallest absolute Gasteiger partial charge is 0.191 e. The summed E-state index contributed by atoms with van der Waals surface area (Å²) in [6.07, 6.45) is 2.61. The van der Waals surface area contributed by atoms with Crippen LogP contribution in [-0.4, -0.2) is 82.0 Å². The molecule has 0 radical (unpaired) electrons. The molecule has 31 heavy (non-hydrogen) atoms. The first-order chi connectivity index (χ1) is 14.7. The molecule has 9 heteroatoms. The van der Waals surface area contributed by atoms with Crippen molar-refractivity contribution in [2.24, 2.45) is 4.99 Å². The molecule has 1 aromatic carbocycles. The van der Waals surface area contributed by atoms with Crippen LogP contribution < -0.4 is 20.1 Å². The average Bonchev–Trinajstić information content (AvgIpc) is 3.31. The molecule has 2 N–H and O–H groups in total. The monoisotopic (exact) mass is 564 g/mol. The maximum absolute atomic E-state index is 5.58. The predicted octanol–water partition coefficient (Wildman–Crippen LogP) is 3.15. The van der Waals surface area contributed by atoms with E-state index in [2.05, 4.69) is 46.4 Å². The summed E-state index contributed by atoms with van der Waals surface area (Å²) in [6.45, 7) is 7.90. The predicted molar refractivity (Wildman–Crippen MR) is 140 cm³/mol. The van der Waals surface area contributed by atoms with Crippen molar-refractivity contribution >= 4 is 41.7 Å². The van der Waals surface area contributed by atoms with Gasteiger partial charge in [0.15, 0.2) is 17.5 Å². The molecule has 0 amide bonds. The number of hydrogen-bond acceptors (Lipinski definition) is 6. The molecule has 7 nitrogen and oxygen atoms in total. The molecule has 1 aromatic rings. The molecule has 0 aromatic heterocycles. The van der Waals surface area contributed by atoms with Crippen LogP contribution in [0.3, 0.4) is 0 Å². The number of nitrogens with zero attached hydrogens (tertiary/aromatic N) is 2. The van der Waals surface area contributed by atoms with E-state index >= 15 is 0 Å². The van der Waals surface area contributed by atoms with Gasteiger partial charge in [-0.25, -0.2) is 0 Å². The quantitative estimate of drug-likeness (QED) is 0.272. The minimum Gasteiger partial charge on any atom is -0.493 e.